The summed E-state index contributed by atoms with van der Waals surface area (Å²) in [6.45, 7) is 2.12. The van der Waals surface area contributed by atoms with Crippen LogP contribution < -0.4 is 5.32 Å². The van der Waals surface area contributed by atoms with Crippen molar-refractivity contribution in [3.63, 3.8) is 0 Å². The highest BCUT2D eigenvalue weighted by Crippen LogP contribution is 2.34. The lowest BCUT2D eigenvalue weighted by Gasteiger charge is -2.24. The first-order valence-electron chi connectivity index (χ1n) is 6.87. The SMILES string of the molecule is C[C@@H](Cc1ccccc1F)N[C@H]1C[C@H]2CC[C@H]1O2. The molecule has 1 aromatic carbocycles. The molecule has 2 bridgehead atoms. The zero-order chi connectivity index (χ0) is 12.5. The molecule has 0 saturated carbocycles. The van der Waals surface area contributed by atoms with Crippen LogP contribution in [-0.2, 0) is 11.2 Å². The summed E-state index contributed by atoms with van der Waals surface area (Å²) in [5, 5.41) is 3.59. The topological polar surface area (TPSA) is 21.3 Å². The Hall–Kier alpha value is -0.930. The molecule has 0 amide bonds. The van der Waals surface area contributed by atoms with Gasteiger partial charge in [0.1, 0.15) is 5.82 Å². The van der Waals surface area contributed by atoms with E-state index in [1.165, 1.54) is 18.9 Å². The molecule has 0 unspecified atom stereocenters. The third kappa shape index (κ3) is 2.43. The molecule has 0 aliphatic carbocycles. The van der Waals surface area contributed by atoms with Gasteiger partial charge in [-0.1, -0.05) is 18.2 Å². The lowest BCUT2D eigenvalue weighted by atomic mass is 9.94. The van der Waals surface area contributed by atoms with Gasteiger partial charge in [0, 0.05) is 12.1 Å². The Balaban J connectivity index is 1.56. The standard InChI is InChI=1S/C15H20FNO/c1-10(8-11-4-2-3-5-13(11)16)17-14-9-12-6-7-15(14)18-12/h2-5,10,12,14-15,17H,6-9H2,1H3/t10-,12+,14-,15+/m0/s1. The minimum Gasteiger partial charge on any atom is -0.373 e. The van der Waals surface area contributed by atoms with Crippen molar-refractivity contribution in [3.05, 3.63) is 35.6 Å². The first-order valence-corrected chi connectivity index (χ1v) is 6.87. The van der Waals surface area contributed by atoms with E-state index < -0.39 is 0 Å². The van der Waals surface area contributed by atoms with Crippen LogP contribution in [0.25, 0.3) is 0 Å². The normalized spacial score (nSPS) is 31.8. The number of ether oxygens (including phenoxy) is 1. The molecule has 0 radical (unpaired) electrons. The van der Waals surface area contributed by atoms with E-state index >= 15 is 0 Å². The van der Waals surface area contributed by atoms with Crippen LogP contribution in [0, 0.1) is 5.82 Å². The van der Waals surface area contributed by atoms with E-state index in [0.29, 0.717) is 18.2 Å². The van der Waals surface area contributed by atoms with E-state index in [1.807, 2.05) is 12.1 Å². The number of rotatable bonds is 4. The summed E-state index contributed by atoms with van der Waals surface area (Å²) < 4.78 is 19.4. The molecule has 4 atom stereocenters. The Morgan fingerprint density at radius 2 is 2.22 bits per heavy atom. The second-order valence-electron chi connectivity index (χ2n) is 5.58. The third-order valence-electron chi connectivity index (χ3n) is 4.09. The summed E-state index contributed by atoms with van der Waals surface area (Å²) in [5.74, 6) is -0.102. The molecule has 18 heavy (non-hydrogen) atoms. The number of hydrogen-bond donors (Lipinski definition) is 1. The molecule has 2 nitrogen and oxygen atoms in total. The Labute approximate surface area is 108 Å². The minimum atomic E-state index is -0.102. The van der Waals surface area contributed by atoms with Gasteiger partial charge in [-0.25, -0.2) is 4.39 Å². The van der Waals surface area contributed by atoms with Gasteiger partial charge in [-0.15, -0.1) is 0 Å². The van der Waals surface area contributed by atoms with E-state index in [0.717, 1.165) is 18.4 Å². The van der Waals surface area contributed by atoms with Gasteiger partial charge in [0.25, 0.3) is 0 Å². The average Bonchev–Trinajstić information content (AvgIpc) is 2.94. The van der Waals surface area contributed by atoms with Crippen molar-refractivity contribution in [1.82, 2.24) is 5.32 Å². The molecular formula is C15H20FNO. The molecule has 2 heterocycles. The lowest BCUT2D eigenvalue weighted by Crippen LogP contribution is -2.43. The lowest BCUT2D eigenvalue weighted by molar-refractivity contribution is 0.0962. The Morgan fingerprint density at radius 3 is 2.89 bits per heavy atom. The molecule has 0 aromatic heterocycles. The summed E-state index contributed by atoms with van der Waals surface area (Å²) in [6.07, 6.45) is 5.10. The monoisotopic (exact) mass is 249 g/mol. The Kier molecular flexibility index (Phi) is 3.35. The van der Waals surface area contributed by atoms with Crippen LogP contribution in [0.15, 0.2) is 24.3 Å². The summed E-state index contributed by atoms with van der Waals surface area (Å²) in [6, 6.07) is 7.78. The van der Waals surface area contributed by atoms with Gasteiger partial charge in [-0.3, -0.25) is 0 Å². The summed E-state index contributed by atoms with van der Waals surface area (Å²) in [5.41, 5.74) is 0.793. The van der Waals surface area contributed by atoms with Crippen molar-refractivity contribution in [1.29, 1.82) is 0 Å². The minimum absolute atomic E-state index is 0.102. The van der Waals surface area contributed by atoms with Crippen LogP contribution in [-0.4, -0.2) is 24.3 Å². The molecule has 2 aliphatic heterocycles. The summed E-state index contributed by atoms with van der Waals surface area (Å²) >= 11 is 0. The van der Waals surface area contributed by atoms with Crippen molar-refractivity contribution >= 4 is 0 Å². The highest BCUT2D eigenvalue weighted by molar-refractivity contribution is 5.18. The van der Waals surface area contributed by atoms with Gasteiger partial charge in [0.05, 0.1) is 12.2 Å². The fraction of sp³-hybridized carbons (Fsp3) is 0.600. The largest absolute Gasteiger partial charge is 0.373 e. The van der Waals surface area contributed by atoms with E-state index in [9.17, 15) is 4.39 Å². The number of fused-ring (bicyclic) bond motifs is 2. The molecule has 2 aliphatic rings. The van der Waals surface area contributed by atoms with Gasteiger partial charge in [0.15, 0.2) is 0 Å². The maximum absolute atomic E-state index is 13.6. The molecule has 1 aromatic rings. The maximum atomic E-state index is 13.6. The molecule has 98 valence electrons. The van der Waals surface area contributed by atoms with Gasteiger partial charge >= 0.3 is 0 Å². The Bertz CT molecular complexity index is 423. The highest BCUT2D eigenvalue weighted by Gasteiger charge is 2.40. The van der Waals surface area contributed by atoms with E-state index in [2.05, 4.69) is 12.2 Å². The van der Waals surface area contributed by atoms with Crippen LogP contribution in [0.2, 0.25) is 0 Å². The van der Waals surface area contributed by atoms with E-state index in [-0.39, 0.29) is 11.9 Å². The highest BCUT2D eigenvalue weighted by atomic mass is 19.1. The van der Waals surface area contributed by atoms with Gasteiger partial charge in [-0.2, -0.15) is 0 Å². The molecule has 2 saturated heterocycles. The van der Waals surface area contributed by atoms with Crippen molar-refractivity contribution in [2.24, 2.45) is 0 Å². The molecule has 3 rings (SSSR count). The molecular weight excluding hydrogens is 229 g/mol. The van der Waals surface area contributed by atoms with Crippen LogP contribution in [0.4, 0.5) is 4.39 Å². The van der Waals surface area contributed by atoms with Gasteiger partial charge in [0.2, 0.25) is 0 Å². The first-order chi connectivity index (χ1) is 8.72. The second kappa shape index (κ2) is 4.98. The van der Waals surface area contributed by atoms with Gasteiger partial charge < -0.3 is 10.1 Å². The summed E-state index contributed by atoms with van der Waals surface area (Å²) in [4.78, 5) is 0. The number of halogens is 1. The van der Waals surface area contributed by atoms with Crippen molar-refractivity contribution in [2.45, 2.75) is 56.9 Å². The number of benzene rings is 1. The predicted molar refractivity (Wildman–Crippen MR) is 69.0 cm³/mol. The fourth-order valence-electron chi connectivity index (χ4n) is 3.23. The van der Waals surface area contributed by atoms with E-state index in [1.54, 1.807) is 6.07 Å². The summed E-state index contributed by atoms with van der Waals surface area (Å²) in [7, 11) is 0. The quantitative estimate of drug-likeness (QED) is 0.885. The zero-order valence-corrected chi connectivity index (χ0v) is 10.7. The predicted octanol–water partition coefficient (Wildman–Crippen LogP) is 2.67. The van der Waals surface area contributed by atoms with Crippen LogP contribution in [0.3, 0.4) is 0 Å². The molecule has 2 fully saturated rings. The maximum Gasteiger partial charge on any atom is 0.126 e. The smallest absolute Gasteiger partial charge is 0.126 e. The van der Waals surface area contributed by atoms with Crippen LogP contribution in [0.5, 0.6) is 0 Å². The van der Waals surface area contributed by atoms with Crippen molar-refractivity contribution in [2.75, 3.05) is 0 Å². The first kappa shape index (κ1) is 12.1. The van der Waals surface area contributed by atoms with Crippen molar-refractivity contribution < 1.29 is 9.13 Å². The number of hydrogen-bond acceptors (Lipinski definition) is 2. The third-order valence-corrected chi connectivity index (χ3v) is 4.09. The van der Waals surface area contributed by atoms with Gasteiger partial charge in [-0.05, 0) is 44.2 Å². The number of nitrogens with one attached hydrogen (secondary N) is 1. The van der Waals surface area contributed by atoms with Crippen LogP contribution in [0.1, 0.15) is 31.7 Å². The van der Waals surface area contributed by atoms with E-state index in [4.69, 9.17) is 4.74 Å². The van der Waals surface area contributed by atoms with Crippen molar-refractivity contribution in [3.8, 4) is 0 Å². The second-order valence-corrected chi connectivity index (χ2v) is 5.58. The molecule has 0 spiro atoms. The fourth-order valence-corrected chi connectivity index (χ4v) is 3.23. The molecule has 3 heteroatoms. The molecule has 1 N–H and O–H groups in total. The average molecular weight is 249 g/mol. The zero-order valence-electron chi connectivity index (χ0n) is 10.7. The van der Waals surface area contributed by atoms with Crippen LogP contribution >= 0.6 is 0 Å². The Morgan fingerprint density at radius 1 is 1.39 bits per heavy atom.